The standard InChI is InChI=1S/C16H18N2O4/c1-3-10-7-14(19)18(15(20)8-10)9-11-4-5-12-13(6-11)22-16(21)17(12)2/h4-6,10H,3,7-9H2,1-2H3. The molecule has 22 heavy (non-hydrogen) atoms. The molecule has 116 valence electrons. The average molecular weight is 302 g/mol. The number of piperidine rings is 1. The van der Waals surface area contributed by atoms with Crippen molar-refractivity contribution in [3.05, 3.63) is 34.3 Å². The van der Waals surface area contributed by atoms with E-state index in [1.807, 2.05) is 13.0 Å². The average Bonchev–Trinajstić information content (AvgIpc) is 2.77. The summed E-state index contributed by atoms with van der Waals surface area (Å²) in [6.07, 6.45) is 1.68. The highest BCUT2D eigenvalue weighted by Gasteiger charge is 2.31. The topological polar surface area (TPSA) is 72.5 Å². The minimum Gasteiger partial charge on any atom is -0.408 e. The second-order valence-corrected chi connectivity index (χ2v) is 5.79. The van der Waals surface area contributed by atoms with Crippen molar-refractivity contribution >= 4 is 22.9 Å². The van der Waals surface area contributed by atoms with Crippen LogP contribution in [0.3, 0.4) is 0 Å². The second kappa shape index (κ2) is 5.44. The number of oxazole rings is 1. The molecule has 0 bridgehead atoms. The van der Waals surface area contributed by atoms with E-state index in [1.54, 1.807) is 19.2 Å². The molecule has 1 saturated heterocycles. The van der Waals surface area contributed by atoms with Crippen LogP contribution in [0, 0.1) is 5.92 Å². The van der Waals surface area contributed by atoms with Gasteiger partial charge >= 0.3 is 5.76 Å². The SMILES string of the molecule is CCC1CC(=O)N(Cc2ccc3c(c2)oc(=O)n3C)C(=O)C1. The predicted molar refractivity (Wildman–Crippen MR) is 80.0 cm³/mol. The van der Waals surface area contributed by atoms with Gasteiger partial charge in [-0.3, -0.25) is 19.1 Å². The predicted octanol–water partition coefficient (Wildman–Crippen LogP) is 1.81. The largest absolute Gasteiger partial charge is 0.419 e. The summed E-state index contributed by atoms with van der Waals surface area (Å²) in [4.78, 5) is 37.0. The maximum absolute atomic E-state index is 12.1. The van der Waals surface area contributed by atoms with Crippen LogP contribution in [0.4, 0.5) is 0 Å². The lowest BCUT2D eigenvalue weighted by molar-refractivity contribution is -0.150. The lowest BCUT2D eigenvalue weighted by Gasteiger charge is -2.29. The van der Waals surface area contributed by atoms with E-state index in [9.17, 15) is 14.4 Å². The van der Waals surface area contributed by atoms with Crippen molar-refractivity contribution in [3.63, 3.8) is 0 Å². The maximum Gasteiger partial charge on any atom is 0.419 e. The van der Waals surface area contributed by atoms with E-state index in [0.29, 0.717) is 23.9 Å². The van der Waals surface area contributed by atoms with E-state index in [0.717, 1.165) is 12.0 Å². The lowest BCUT2D eigenvalue weighted by atomic mass is 9.93. The van der Waals surface area contributed by atoms with Crippen molar-refractivity contribution in [2.24, 2.45) is 13.0 Å². The van der Waals surface area contributed by atoms with Gasteiger partial charge in [0.1, 0.15) is 0 Å². The van der Waals surface area contributed by atoms with E-state index in [1.165, 1.54) is 9.47 Å². The Hall–Kier alpha value is -2.37. The number of aryl methyl sites for hydroxylation is 1. The molecule has 0 N–H and O–H groups in total. The minimum atomic E-state index is -0.428. The molecule has 2 amide bonds. The minimum absolute atomic E-state index is 0.127. The molecule has 6 nitrogen and oxygen atoms in total. The molecular weight excluding hydrogens is 284 g/mol. The Balaban J connectivity index is 1.85. The number of carbonyl (C=O) groups is 2. The van der Waals surface area contributed by atoms with Gasteiger partial charge in [-0.2, -0.15) is 0 Å². The molecule has 2 aromatic rings. The summed E-state index contributed by atoms with van der Waals surface area (Å²) >= 11 is 0. The molecule has 1 aromatic carbocycles. The molecule has 0 unspecified atom stereocenters. The van der Waals surface area contributed by atoms with Crippen molar-refractivity contribution in [2.45, 2.75) is 32.7 Å². The number of rotatable bonds is 3. The van der Waals surface area contributed by atoms with Gasteiger partial charge in [-0.1, -0.05) is 19.4 Å². The normalized spacial score (nSPS) is 16.7. The summed E-state index contributed by atoms with van der Waals surface area (Å²) in [5.74, 6) is -0.524. The zero-order valence-electron chi connectivity index (χ0n) is 12.7. The molecule has 2 heterocycles. The highest BCUT2D eigenvalue weighted by atomic mass is 16.4. The molecular formula is C16H18N2O4. The number of fused-ring (bicyclic) bond motifs is 1. The van der Waals surface area contributed by atoms with Crippen LogP contribution in [0.15, 0.2) is 27.4 Å². The van der Waals surface area contributed by atoms with Crippen molar-refractivity contribution in [3.8, 4) is 0 Å². The van der Waals surface area contributed by atoms with Gasteiger partial charge in [-0.15, -0.1) is 0 Å². The molecule has 0 saturated carbocycles. The summed E-state index contributed by atoms with van der Waals surface area (Å²) in [7, 11) is 1.64. The van der Waals surface area contributed by atoms with E-state index in [-0.39, 0.29) is 24.3 Å². The first-order valence-corrected chi connectivity index (χ1v) is 7.41. The quantitative estimate of drug-likeness (QED) is 0.811. The number of aromatic nitrogens is 1. The summed E-state index contributed by atoms with van der Waals surface area (Å²) < 4.78 is 6.55. The van der Waals surface area contributed by atoms with Crippen LogP contribution in [0.5, 0.6) is 0 Å². The maximum atomic E-state index is 12.1. The number of likely N-dealkylation sites (tertiary alicyclic amines) is 1. The third-order valence-corrected chi connectivity index (χ3v) is 4.30. The third kappa shape index (κ3) is 2.45. The Kier molecular flexibility index (Phi) is 3.60. The molecule has 0 spiro atoms. The summed E-state index contributed by atoms with van der Waals surface area (Å²) in [5.41, 5.74) is 1.93. The zero-order valence-corrected chi connectivity index (χ0v) is 12.7. The number of carbonyl (C=O) groups excluding carboxylic acids is 2. The van der Waals surface area contributed by atoms with Gasteiger partial charge in [0, 0.05) is 19.9 Å². The molecule has 1 aliphatic rings. The summed E-state index contributed by atoms with van der Waals surface area (Å²) in [6.45, 7) is 2.22. The van der Waals surface area contributed by atoms with Crippen molar-refractivity contribution in [1.82, 2.24) is 9.47 Å². The number of nitrogens with zero attached hydrogens (tertiary/aromatic N) is 2. The number of imide groups is 1. The van der Waals surface area contributed by atoms with Crippen molar-refractivity contribution in [1.29, 1.82) is 0 Å². The fourth-order valence-corrected chi connectivity index (χ4v) is 2.85. The lowest BCUT2D eigenvalue weighted by Crippen LogP contribution is -2.42. The van der Waals surface area contributed by atoms with E-state index < -0.39 is 5.76 Å². The monoisotopic (exact) mass is 302 g/mol. The van der Waals surface area contributed by atoms with Crippen LogP contribution in [0.2, 0.25) is 0 Å². The van der Waals surface area contributed by atoms with Crippen LogP contribution in [-0.2, 0) is 23.2 Å². The Morgan fingerprint density at radius 1 is 1.18 bits per heavy atom. The van der Waals surface area contributed by atoms with Gasteiger partial charge in [0.2, 0.25) is 11.8 Å². The van der Waals surface area contributed by atoms with Gasteiger partial charge in [0.25, 0.3) is 0 Å². The number of hydrogen-bond acceptors (Lipinski definition) is 4. The number of amides is 2. The zero-order chi connectivity index (χ0) is 15.9. The van der Waals surface area contributed by atoms with Crippen LogP contribution >= 0.6 is 0 Å². The van der Waals surface area contributed by atoms with Crippen molar-refractivity contribution in [2.75, 3.05) is 0 Å². The fraction of sp³-hybridized carbons (Fsp3) is 0.438. The first kappa shape index (κ1) is 14.6. The molecule has 0 radical (unpaired) electrons. The van der Waals surface area contributed by atoms with Crippen LogP contribution in [-0.4, -0.2) is 21.3 Å². The van der Waals surface area contributed by atoms with E-state index in [2.05, 4.69) is 0 Å². The first-order chi connectivity index (χ1) is 10.5. The summed E-state index contributed by atoms with van der Waals surface area (Å²) in [6, 6.07) is 5.29. The molecule has 0 atom stereocenters. The Morgan fingerprint density at radius 2 is 1.86 bits per heavy atom. The Morgan fingerprint density at radius 3 is 2.50 bits per heavy atom. The van der Waals surface area contributed by atoms with Gasteiger partial charge < -0.3 is 4.42 Å². The molecule has 6 heteroatoms. The summed E-state index contributed by atoms with van der Waals surface area (Å²) in [5, 5.41) is 0. The number of benzene rings is 1. The Bertz CT molecular complexity index is 784. The van der Waals surface area contributed by atoms with E-state index >= 15 is 0 Å². The molecule has 3 rings (SSSR count). The smallest absolute Gasteiger partial charge is 0.408 e. The van der Waals surface area contributed by atoms with Crippen LogP contribution < -0.4 is 5.76 Å². The molecule has 0 aliphatic carbocycles. The third-order valence-electron chi connectivity index (χ3n) is 4.30. The Labute approximate surface area is 127 Å². The van der Waals surface area contributed by atoms with Crippen LogP contribution in [0.1, 0.15) is 31.7 Å². The number of hydrogen-bond donors (Lipinski definition) is 0. The first-order valence-electron chi connectivity index (χ1n) is 7.41. The van der Waals surface area contributed by atoms with Crippen molar-refractivity contribution < 1.29 is 14.0 Å². The van der Waals surface area contributed by atoms with Gasteiger partial charge in [-0.25, -0.2) is 4.79 Å². The molecule has 1 aromatic heterocycles. The van der Waals surface area contributed by atoms with Gasteiger partial charge in [0.05, 0.1) is 12.1 Å². The fourth-order valence-electron chi connectivity index (χ4n) is 2.85. The van der Waals surface area contributed by atoms with Gasteiger partial charge in [0.15, 0.2) is 5.58 Å². The highest BCUT2D eigenvalue weighted by molar-refractivity contribution is 5.97. The van der Waals surface area contributed by atoms with E-state index in [4.69, 9.17) is 4.42 Å². The van der Waals surface area contributed by atoms with Gasteiger partial charge in [-0.05, 0) is 23.6 Å². The second-order valence-electron chi connectivity index (χ2n) is 5.79. The highest BCUT2D eigenvalue weighted by Crippen LogP contribution is 2.24. The van der Waals surface area contributed by atoms with Crippen LogP contribution in [0.25, 0.3) is 11.1 Å². The molecule has 1 aliphatic heterocycles. The molecule has 1 fully saturated rings.